The number of halogens is 3. The van der Waals surface area contributed by atoms with Gasteiger partial charge in [0.2, 0.25) is 11.8 Å². The third-order valence-corrected chi connectivity index (χ3v) is 11.6. The summed E-state index contributed by atoms with van der Waals surface area (Å²) >= 11 is 12.5. The fourth-order valence-electron chi connectivity index (χ4n) is 7.68. The van der Waals surface area contributed by atoms with Crippen molar-refractivity contribution >= 4 is 47.2 Å². The maximum atomic E-state index is 16.1. The molecule has 15 nitrogen and oxygen atoms in total. The molecule has 4 amide bonds. The van der Waals surface area contributed by atoms with Crippen molar-refractivity contribution in [2.24, 2.45) is 7.05 Å². The van der Waals surface area contributed by atoms with Crippen LogP contribution in [0.4, 0.5) is 14.0 Å². The molecule has 1 aromatic heterocycles. The standard InChI is InChI=1S/C46H58Cl2FN7O8/c1-29(41(57)51-37(27-62-9)42(58)54(8)46(19-10-20-55(28-46)43(59)60)23-30-11-15-32(47)16-12-30)56(44(61)64-45(2,3)4)25-35-36(49)21-33(48)22-39(35)63-34-17-13-31(14-18-34)38-24-50-40(53(38)7)26-52(5)6/h11-18,21-22,24,29,37H,10,19-20,23,25-28H2,1-9H3,(H,51,57)(H,59,60). The van der Waals surface area contributed by atoms with E-state index in [2.05, 4.69) is 10.3 Å². The monoisotopic (exact) mass is 925 g/mol. The van der Waals surface area contributed by atoms with E-state index in [4.69, 9.17) is 37.4 Å². The molecule has 4 aromatic rings. The lowest BCUT2D eigenvalue weighted by Crippen LogP contribution is -2.65. The average molecular weight is 927 g/mol. The molecule has 1 saturated heterocycles. The van der Waals surface area contributed by atoms with Gasteiger partial charge in [-0.1, -0.05) is 35.3 Å². The highest BCUT2D eigenvalue weighted by atomic mass is 35.5. The van der Waals surface area contributed by atoms with Crippen LogP contribution in [0, 0.1) is 5.82 Å². The number of carboxylic acid groups (broad SMARTS) is 1. The Hall–Kier alpha value is -5.42. The molecule has 64 heavy (non-hydrogen) atoms. The molecule has 346 valence electrons. The number of carbonyl (C=O) groups excluding carboxylic acids is 3. The predicted molar refractivity (Wildman–Crippen MR) is 242 cm³/mol. The number of ether oxygens (including phenoxy) is 3. The lowest BCUT2D eigenvalue weighted by atomic mass is 9.81. The maximum Gasteiger partial charge on any atom is 0.411 e. The number of hydrogen-bond donors (Lipinski definition) is 2. The van der Waals surface area contributed by atoms with Crippen molar-refractivity contribution in [3.05, 3.63) is 99.7 Å². The summed E-state index contributed by atoms with van der Waals surface area (Å²) in [6.07, 6.45) is 1.00. The molecule has 1 fully saturated rings. The highest BCUT2D eigenvalue weighted by Crippen LogP contribution is 2.35. The first-order valence-electron chi connectivity index (χ1n) is 20.8. The zero-order valence-corrected chi connectivity index (χ0v) is 39.3. The number of carbonyl (C=O) groups is 4. The molecular weight excluding hydrogens is 868 g/mol. The number of nitrogens with one attached hydrogen (secondary N) is 1. The summed E-state index contributed by atoms with van der Waals surface area (Å²) in [6, 6.07) is 14.1. The normalized spacial score (nSPS) is 16.2. The quantitative estimate of drug-likeness (QED) is 0.113. The molecular formula is C46H58Cl2FN7O8. The molecule has 2 N–H and O–H groups in total. The fourth-order valence-corrected chi connectivity index (χ4v) is 8.00. The second-order valence-electron chi connectivity index (χ2n) is 17.4. The van der Waals surface area contributed by atoms with Gasteiger partial charge in [0.05, 0.1) is 42.7 Å². The lowest BCUT2D eigenvalue weighted by Gasteiger charge is -2.48. The maximum absolute atomic E-state index is 16.1. The number of likely N-dealkylation sites (tertiary alicyclic amines) is 1. The van der Waals surface area contributed by atoms with Crippen LogP contribution in [0.25, 0.3) is 11.3 Å². The molecule has 0 spiro atoms. The number of likely N-dealkylation sites (N-methyl/N-ethyl adjacent to an activating group) is 1. The van der Waals surface area contributed by atoms with Gasteiger partial charge in [-0.05, 0) is 115 Å². The van der Waals surface area contributed by atoms with Gasteiger partial charge < -0.3 is 43.9 Å². The van der Waals surface area contributed by atoms with Gasteiger partial charge in [-0.2, -0.15) is 0 Å². The number of benzene rings is 3. The Kier molecular flexibility index (Phi) is 16.3. The minimum Gasteiger partial charge on any atom is -0.465 e. The third kappa shape index (κ3) is 12.4. The molecule has 1 aliphatic heterocycles. The van der Waals surface area contributed by atoms with Crippen LogP contribution in [0.5, 0.6) is 11.5 Å². The van der Waals surface area contributed by atoms with Crippen molar-refractivity contribution in [1.29, 1.82) is 0 Å². The summed E-state index contributed by atoms with van der Waals surface area (Å²) in [7, 11) is 8.82. The first-order chi connectivity index (χ1) is 30.1. The molecule has 0 radical (unpaired) electrons. The SMILES string of the molecule is COCC(NC(=O)C(C)N(Cc1c(F)cc(Cl)cc1Oc1ccc(-c2cnc(CN(C)C)n2C)cc1)C(=O)OC(C)(C)C)C(=O)N(C)C1(Cc2ccc(Cl)cc2)CCCN(C(=O)O)C1. The van der Waals surface area contributed by atoms with Crippen molar-refractivity contribution in [2.45, 2.75) is 83.3 Å². The molecule has 0 saturated carbocycles. The Balaban J connectivity index is 1.42. The van der Waals surface area contributed by atoms with Crippen molar-refractivity contribution in [3.63, 3.8) is 0 Å². The van der Waals surface area contributed by atoms with Gasteiger partial charge in [0.1, 0.15) is 40.8 Å². The van der Waals surface area contributed by atoms with Crippen LogP contribution < -0.4 is 10.1 Å². The number of aromatic nitrogens is 2. The van der Waals surface area contributed by atoms with Crippen LogP contribution in [0.15, 0.2) is 66.9 Å². The number of amides is 4. The van der Waals surface area contributed by atoms with Gasteiger partial charge in [0.25, 0.3) is 0 Å². The summed E-state index contributed by atoms with van der Waals surface area (Å²) in [6.45, 7) is 6.62. The van der Waals surface area contributed by atoms with Gasteiger partial charge in [-0.15, -0.1) is 0 Å². The lowest BCUT2D eigenvalue weighted by molar-refractivity contribution is -0.144. The summed E-state index contributed by atoms with van der Waals surface area (Å²) in [5.41, 5.74) is 0.492. The van der Waals surface area contributed by atoms with Crippen molar-refractivity contribution in [1.82, 2.24) is 34.5 Å². The fraction of sp³-hybridized carbons (Fsp3) is 0.457. The van der Waals surface area contributed by atoms with Crippen LogP contribution in [0.1, 0.15) is 57.5 Å². The summed E-state index contributed by atoms with van der Waals surface area (Å²) in [5.74, 6) is -0.886. The molecule has 0 bridgehead atoms. The van der Waals surface area contributed by atoms with Gasteiger partial charge >= 0.3 is 12.2 Å². The number of nitrogens with zero attached hydrogens (tertiary/aromatic N) is 6. The Morgan fingerprint density at radius 3 is 2.28 bits per heavy atom. The van der Waals surface area contributed by atoms with Crippen molar-refractivity contribution < 1.29 is 42.9 Å². The van der Waals surface area contributed by atoms with E-state index in [1.54, 1.807) is 58.3 Å². The third-order valence-electron chi connectivity index (χ3n) is 11.1. The van der Waals surface area contributed by atoms with E-state index >= 15 is 4.39 Å². The van der Waals surface area contributed by atoms with Crippen LogP contribution in [-0.4, -0.2) is 129 Å². The number of imidazole rings is 1. The van der Waals surface area contributed by atoms with Gasteiger partial charge in [0.15, 0.2) is 0 Å². The van der Waals surface area contributed by atoms with Crippen LogP contribution in [-0.2, 0) is 45.6 Å². The molecule has 18 heteroatoms. The smallest absolute Gasteiger partial charge is 0.411 e. The molecule has 2 heterocycles. The molecule has 1 aliphatic rings. The van der Waals surface area contributed by atoms with E-state index in [0.29, 0.717) is 43.1 Å². The highest BCUT2D eigenvalue weighted by Gasteiger charge is 2.45. The predicted octanol–water partition coefficient (Wildman–Crippen LogP) is 7.86. The van der Waals surface area contributed by atoms with E-state index in [-0.39, 0.29) is 29.5 Å². The summed E-state index contributed by atoms with van der Waals surface area (Å²) in [5, 5.41) is 13.3. The van der Waals surface area contributed by atoms with Crippen LogP contribution >= 0.6 is 23.2 Å². The van der Waals surface area contributed by atoms with Gasteiger partial charge in [0, 0.05) is 49.9 Å². The van der Waals surface area contributed by atoms with Crippen LogP contribution in [0.3, 0.4) is 0 Å². The molecule has 3 aromatic carbocycles. The molecule has 0 aliphatic carbocycles. The van der Waals surface area contributed by atoms with E-state index < -0.39 is 59.6 Å². The largest absolute Gasteiger partial charge is 0.465 e. The zero-order chi connectivity index (χ0) is 47.1. The Bertz CT molecular complexity index is 2290. The Morgan fingerprint density at radius 1 is 1.00 bits per heavy atom. The Labute approximate surface area is 384 Å². The Morgan fingerprint density at radius 2 is 1.67 bits per heavy atom. The van der Waals surface area contributed by atoms with Gasteiger partial charge in [-0.25, -0.2) is 19.0 Å². The summed E-state index contributed by atoms with van der Waals surface area (Å²) in [4.78, 5) is 65.3. The van der Waals surface area contributed by atoms with Crippen LogP contribution in [0.2, 0.25) is 10.0 Å². The minimum absolute atomic E-state index is 0.00402. The molecule has 3 atom stereocenters. The topological polar surface area (TPSA) is 159 Å². The first-order valence-corrected chi connectivity index (χ1v) is 21.6. The number of methoxy groups -OCH3 is 1. The van der Waals surface area contributed by atoms with Crippen molar-refractivity contribution in [2.75, 3.05) is 47.9 Å². The molecule has 3 unspecified atom stereocenters. The first kappa shape index (κ1) is 49.6. The number of piperidine rings is 1. The number of rotatable bonds is 16. The highest BCUT2D eigenvalue weighted by molar-refractivity contribution is 6.31. The van der Waals surface area contributed by atoms with E-state index in [1.807, 2.05) is 54.9 Å². The minimum atomic E-state index is -1.34. The second-order valence-corrected chi connectivity index (χ2v) is 18.3. The van der Waals surface area contributed by atoms with E-state index in [0.717, 1.165) is 33.6 Å². The van der Waals surface area contributed by atoms with Gasteiger partial charge in [-0.3, -0.25) is 14.5 Å². The van der Waals surface area contributed by atoms with E-state index in [1.165, 1.54) is 29.9 Å². The molecule has 5 rings (SSSR count). The van der Waals surface area contributed by atoms with E-state index in [9.17, 15) is 24.3 Å². The second kappa shape index (κ2) is 21.0. The zero-order valence-electron chi connectivity index (χ0n) is 37.8. The number of hydrogen-bond acceptors (Lipinski definition) is 9. The summed E-state index contributed by atoms with van der Waals surface area (Å²) < 4.78 is 35.4. The van der Waals surface area contributed by atoms with Crippen molar-refractivity contribution in [3.8, 4) is 22.8 Å². The average Bonchev–Trinajstić information content (AvgIpc) is 3.58.